The molecule has 0 amide bonds. The molecule has 2 aromatic rings. The second kappa shape index (κ2) is 5.56. The maximum absolute atomic E-state index is 9.92. The first kappa shape index (κ1) is 12.5. The normalized spacial score (nSPS) is 12.1. The number of aromatic hydroxyl groups is 1. The molecule has 0 saturated heterocycles. The smallest absolute Gasteiger partial charge is 0.119 e. The first-order valence-corrected chi connectivity index (χ1v) is 5.81. The van der Waals surface area contributed by atoms with Gasteiger partial charge >= 0.3 is 0 Å². The largest absolute Gasteiger partial charge is 0.508 e. The predicted molar refractivity (Wildman–Crippen MR) is 69.7 cm³/mol. The molecule has 0 radical (unpaired) electrons. The SMILES string of the molecule is Cc1ccc(OCC(O)c2cccc(O)c2)cc1. The summed E-state index contributed by atoms with van der Waals surface area (Å²) in [5, 5.41) is 19.3. The molecule has 0 aliphatic heterocycles. The molecule has 0 aromatic heterocycles. The van der Waals surface area contributed by atoms with Crippen LogP contribution in [-0.4, -0.2) is 16.8 Å². The van der Waals surface area contributed by atoms with E-state index in [0.717, 1.165) is 11.3 Å². The molecule has 2 aromatic carbocycles. The number of ether oxygens (including phenoxy) is 1. The van der Waals surface area contributed by atoms with E-state index in [0.29, 0.717) is 5.56 Å². The number of hydrogen-bond acceptors (Lipinski definition) is 3. The lowest BCUT2D eigenvalue weighted by atomic mass is 10.1. The highest BCUT2D eigenvalue weighted by Gasteiger charge is 2.08. The van der Waals surface area contributed by atoms with Gasteiger partial charge in [-0.15, -0.1) is 0 Å². The van der Waals surface area contributed by atoms with Crippen LogP contribution in [0.1, 0.15) is 17.2 Å². The van der Waals surface area contributed by atoms with Crippen LogP contribution in [0.5, 0.6) is 11.5 Å². The maximum atomic E-state index is 9.92. The molecular formula is C15H16O3. The van der Waals surface area contributed by atoms with E-state index in [2.05, 4.69) is 0 Å². The van der Waals surface area contributed by atoms with E-state index in [4.69, 9.17) is 4.74 Å². The Morgan fingerprint density at radius 3 is 2.50 bits per heavy atom. The number of rotatable bonds is 4. The molecule has 0 saturated carbocycles. The van der Waals surface area contributed by atoms with Gasteiger partial charge in [-0.2, -0.15) is 0 Å². The third-order valence-corrected chi connectivity index (χ3v) is 2.68. The van der Waals surface area contributed by atoms with Crippen molar-refractivity contribution in [2.24, 2.45) is 0 Å². The molecule has 0 heterocycles. The molecule has 2 rings (SSSR count). The molecule has 3 heteroatoms. The Hall–Kier alpha value is -2.00. The monoisotopic (exact) mass is 244 g/mol. The number of phenolic OH excluding ortho intramolecular Hbond substituents is 1. The predicted octanol–water partition coefficient (Wildman–Crippen LogP) is 2.81. The third-order valence-electron chi connectivity index (χ3n) is 2.68. The van der Waals surface area contributed by atoms with Crippen molar-refractivity contribution in [3.63, 3.8) is 0 Å². The van der Waals surface area contributed by atoms with Crippen LogP contribution in [0.3, 0.4) is 0 Å². The summed E-state index contributed by atoms with van der Waals surface area (Å²) in [6, 6.07) is 14.2. The molecule has 0 spiro atoms. The van der Waals surface area contributed by atoms with Crippen molar-refractivity contribution in [1.29, 1.82) is 0 Å². The second-order valence-corrected chi connectivity index (χ2v) is 4.23. The van der Waals surface area contributed by atoms with Gasteiger partial charge in [-0.1, -0.05) is 29.8 Å². The summed E-state index contributed by atoms with van der Waals surface area (Å²) in [5.41, 5.74) is 1.80. The Bertz CT molecular complexity index is 505. The van der Waals surface area contributed by atoms with Crippen LogP contribution in [0.25, 0.3) is 0 Å². The van der Waals surface area contributed by atoms with E-state index in [1.54, 1.807) is 18.2 Å². The van der Waals surface area contributed by atoms with Crippen molar-refractivity contribution in [3.05, 3.63) is 59.7 Å². The van der Waals surface area contributed by atoms with Gasteiger partial charge in [-0.25, -0.2) is 0 Å². The van der Waals surface area contributed by atoms with Gasteiger partial charge in [0.15, 0.2) is 0 Å². The van der Waals surface area contributed by atoms with Gasteiger partial charge in [0.2, 0.25) is 0 Å². The molecule has 1 unspecified atom stereocenters. The lowest BCUT2D eigenvalue weighted by molar-refractivity contribution is 0.108. The highest BCUT2D eigenvalue weighted by Crippen LogP contribution is 2.20. The van der Waals surface area contributed by atoms with Gasteiger partial charge < -0.3 is 14.9 Å². The van der Waals surface area contributed by atoms with E-state index < -0.39 is 6.10 Å². The van der Waals surface area contributed by atoms with E-state index in [-0.39, 0.29) is 12.4 Å². The summed E-state index contributed by atoms with van der Waals surface area (Å²) < 4.78 is 5.49. The molecule has 0 fully saturated rings. The first-order chi connectivity index (χ1) is 8.65. The van der Waals surface area contributed by atoms with Crippen molar-refractivity contribution in [2.75, 3.05) is 6.61 Å². The zero-order valence-electron chi connectivity index (χ0n) is 10.2. The highest BCUT2D eigenvalue weighted by atomic mass is 16.5. The molecule has 94 valence electrons. The van der Waals surface area contributed by atoms with Crippen LogP contribution in [-0.2, 0) is 0 Å². The Kier molecular flexibility index (Phi) is 3.85. The minimum atomic E-state index is -0.751. The fraction of sp³-hybridized carbons (Fsp3) is 0.200. The fourth-order valence-electron chi connectivity index (χ4n) is 1.64. The van der Waals surface area contributed by atoms with Crippen LogP contribution >= 0.6 is 0 Å². The van der Waals surface area contributed by atoms with Crippen molar-refractivity contribution in [3.8, 4) is 11.5 Å². The standard InChI is InChI=1S/C15H16O3/c1-11-5-7-14(8-6-11)18-10-15(17)12-3-2-4-13(16)9-12/h2-9,15-17H,10H2,1H3. The number of hydrogen-bond donors (Lipinski definition) is 2. The molecular weight excluding hydrogens is 228 g/mol. The molecule has 0 aliphatic rings. The Morgan fingerprint density at radius 2 is 1.83 bits per heavy atom. The minimum Gasteiger partial charge on any atom is -0.508 e. The Morgan fingerprint density at radius 1 is 1.11 bits per heavy atom. The Balaban J connectivity index is 1.96. The lowest BCUT2D eigenvalue weighted by Crippen LogP contribution is -2.09. The summed E-state index contributed by atoms with van der Waals surface area (Å²) in [6.07, 6.45) is -0.751. The maximum Gasteiger partial charge on any atom is 0.119 e. The molecule has 0 bridgehead atoms. The molecule has 18 heavy (non-hydrogen) atoms. The summed E-state index contributed by atoms with van der Waals surface area (Å²) >= 11 is 0. The van der Waals surface area contributed by atoms with E-state index >= 15 is 0 Å². The van der Waals surface area contributed by atoms with Crippen molar-refractivity contribution < 1.29 is 14.9 Å². The summed E-state index contributed by atoms with van der Waals surface area (Å²) in [4.78, 5) is 0. The Labute approximate surface area is 106 Å². The molecule has 0 aliphatic carbocycles. The fourth-order valence-corrected chi connectivity index (χ4v) is 1.64. The highest BCUT2D eigenvalue weighted by molar-refractivity contribution is 5.29. The number of aryl methyl sites for hydroxylation is 1. The van der Waals surface area contributed by atoms with Gasteiger partial charge in [0, 0.05) is 0 Å². The van der Waals surface area contributed by atoms with Gasteiger partial charge in [0.1, 0.15) is 24.2 Å². The van der Waals surface area contributed by atoms with Crippen LogP contribution in [0.2, 0.25) is 0 Å². The minimum absolute atomic E-state index is 0.141. The van der Waals surface area contributed by atoms with Crippen LogP contribution in [0.15, 0.2) is 48.5 Å². The molecule has 2 N–H and O–H groups in total. The third kappa shape index (κ3) is 3.25. The van der Waals surface area contributed by atoms with Crippen molar-refractivity contribution in [2.45, 2.75) is 13.0 Å². The number of aliphatic hydroxyl groups is 1. The molecule has 3 nitrogen and oxygen atoms in total. The lowest BCUT2D eigenvalue weighted by Gasteiger charge is -2.13. The summed E-state index contributed by atoms with van der Waals surface area (Å²) in [5.74, 6) is 0.863. The first-order valence-electron chi connectivity index (χ1n) is 5.81. The van der Waals surface area contributed by atoms with E-state index in [1.165, 1.54) is 6.07 Å². The second-order valence-electron chi connectivity index (χ2n) is 4.23. The average Bonchev–Trinajstić information content (AvgIpc) is 2.38. The zero-order chi connectivity index (χ0) is 13.0. The average molecular weight is 244 g/mol. The topological polar surface area (TPSA) is 49.7 Å². The van der Waals surface area contributed by atoms with Crippen molar-refractivity contribution >= 4 is 0 Å². The van der Waals surface area contributed by atoms with Crippen LogP contribution in [0, 0.1) is 6.92 Å². The van der Waals surface area contributed by atoms with E-state index in [1.807, 2.05) is 31.2 Å². The van der Waals surface area contributed by atoms with Crippen LogP contribution in [0.4, 0.5) is 0 Å². The van der Waals surface area contributed by atoms with E-state index in [9.17, 15) is 10.2 Å². The number of benzene rings is 2. The number of phenols is 1. The van der Waals surface area contributed by atoms with Gasteiger partial charge in [-0.05, 0) is 36.8 Å². The zero-order valence-corrected chi connectivity index (χ0v) is 10.2. The summed E-state index contributed by atoms with van der Waals surface area (Å²) in [7, 11) is 0. The van der Waals surface area contributed by atoms with Crippen LogP contribution < -0.4 is 4.74 Å². The molecule has 1 atom stereocenters. The summed E-state index contributed by atoms with van der Waals surface area (Å²) in [6.45, 7) is 2.16. The number of aliphatic hydroxyl groups excluding tert-OH is 1. The van der Waals surface area contributed by atoms with Gasteiger partial charge in [-0.3, -0.25) is 0 Å². The van der Waals surface area contributed by atoms with Gasteiger partial charge in [0.05, 0.1) is 0 Å². The van der Waals surface area contributed by atoms with Gasteiger partial charge in [0.25, 0.3) is 0 Å². The quantitative estimate of drug-likeness (QED) is 0.869. The van der Waals surface area contributed by atoms with Crippen molar-refractivity contribution in [1.82, 2.24) is 0 Å².